The average Bonchev–Trinajstić information content (AvgIpc) is 2.17. The molecule has 0 aromatic rings. The molecule has 0 aromatic heterocycles. The average molecular weight is 232 g/mol. The lowest BCUT2D eigenvalue weighted by Gasteiger charge is -2.18. The van der Waals surface area contributed by atoms with E-state index in [1.54, 1.807) is 0 Å². The van der Waals surface area contributed by atoms with Crippen LogP contribution in [0.1, 0.15) is 0 Å². The molecule has 0 spiro atoms. The van der Waals surface area contributed by atoms with Gasteiger partial charge in [0.25, 0.3) is 0 Å². The molecule has 0 atom stereocenters. The van der Waals surface area contributed by atoms with Crippen molar-refractivity contribution in [3.05, 3.63) is 0 Å². The van der Waals surface area contributed by atoms with Crippen LogP contribution >= 0.6 is 14.7 Å². The van der Waals surface area contributed by atoms with Gasteiger partial charge in [-0.2, -0.15) is 0 Å². The number of hydrogen-bond donors (Lipinski definition) is 2. The van der Waals surface area contributed by atoms with E-state index in [1.807, 2.05) is 0 Å². The van der Waals surface area contributed by atoms with E-state index in [9.17, 15) is 9.13 Å². The summed E-state index contributed by atoms with van der Waals surface area (Å²) >= 11 is 0. The first-order valence-electron chi connectivity index (χ1n) is 3.44. The summed E-state index contributed by atoms with van der Waals surface area (Å²) in [7, 11) is -4.34. The Morgan fingerprint density at radius 3 is 1.69 bits per heavy atom. The molecule has 0 bridgehead atoms. The molecule has 0 aliphatic rings. The smallest absolute Gasteiger partial charge is 0.337 e. The van der Waals surface area contributed by atoms with E-state index in [1.165, 1.54) is 0 Å². The molecule has 0 rings (SSSR count). The molecule has 80 valence electrons. The predicted molar refractivity (Wildman–Crippen MR) is 48.3 cm³/mol. The zero-order valence-corrected chi connectivity index (χ0v) is 9.33. The van der Waals surface area contributed by atoms with Crippen molar-refractivity contribution in [2.45, 2.75) is 0 Å². The molecule has 0 saturated heterocycles. The van der Waals surface area contributed by atoms with Crippen molar-refractivity contribution >= 4 is 14.7 Å². The highest BCUT2D eigenvalue weighted by atomic mass is 31.2. The van der Waals surface area contributed by atoms with E-state index >= 15 is 0 Å². The van der Waals surface area contributed by atoms with E-state index < -0.39 is 33.3 Å². The summed E-state index contributed by atoms with van der Waals surface area (Å²) in [4.78, 5) is 0. The minimum atomic E-state index is -3.42. The summed E-state index contributed by atoms with van der Waals surface area (Å²) in [6.07, 6.45) is -1.42. The van der Waals surface area contributed by atoms with Crippen molar-refractivity contribution in [2.24, 2.45) is 0 Å². The van der Waals surface area contributed by atoms with Crippen LogP contribution in [-0.4, -0.2) is 43.0 Å². The Hall–Kier alpha value is 0.300. The summed E-state index contributed by atoms with van der Waals surface area (Å²) in [6.45, 7) is 0. The zero-order valence-electron chi connectivity index (χ0n) is 7.54. The van der Waals surface area contributed by atoms with Crippen LogP contribution in [0.3, 0.4) is 0 Å². The lowest BCUT2D eigenvalue weighted by atomic mass is 11.7. The van der Waals surface area contributed by atoms with Gasteiger partial charge in [-0.05, 0) is 0 Å². The van der Waals surface area contributed by atoms with Crippen molar-refractivity contribution in [1.82, 2.24) is 0 Å². The van der Waals surface area contributed by atoms with Gasteiger partial charge in [0, 0.05) is 14.2 Å². The van der Waals surface area contributed by atoms with E-state index in [2.05, 4.69) is 9.05 Å². The first-order chi connectivity index (χ1) is 5.95. The van der Waals surface area contributed by atoms with Gasteiger partial charge in [0.15, 0.2) is 0 Å². The highest BCUT2D eigenvalue weighted by Crippen LogP contribution is 2.60. The van der Waals surface area contributed by atoms with Crippen LogP contribution in [0.4, 0.5) is 0 Å². The van der Waals surface area contributed by atoms with Crippen LogP contribution in [0, 0.1) is 0 Å². The molecule has 0 heterocycles. The van der Waals surface area contributed by atoms with Crippen molar-refractivity contribution in [1.29, 1.82) is 0 Å². The molecular formula is C5H14O6P2. The maximum atomic E-state index is 11.5. The number of hydrogen-bond acceptors (Lipinski definition) is 6. The summed E-state index contributed by atoms with van der Waals surface area (Å²) in [5, 5.41) is 17.4. The predicted octanol–water partition coefficient (Wildman–Crippen LogP) is 0.692. The molecule has 2 N–H and O–H groups in total. The van der Waals surface area contributed by atoms with Crippen LogP contribution in [0.5, 0.6) is 0 Å². The van der Waals surface area contributed by atoms with Gasteiger partial charge in [0.2, 0.25) is 0 Å². The molecule has 0 radical (unpaired) electrons. The molecule has 0 aliphatic carbocycles. The molecule has 0 aromatic carbocycles. The second kappa shape index (κ2) is 5.25. The van der Waals surface area contributed by atoms with E-state index in [-0.39, 0.29) is 0 Å². The molecule has 0 unspecified atom stereocenters. The van der Waals surface area contributed by atoms with Crippen LogP contribution < -0.4 is 0 Å². The molecule has 0 amide bonds. The van der Waals surface area contributed by atoms with Gasteiger partial charge < -0.3 is 23.8 Å². The largest absolute Gasteiger partial charge is 0.389 e. The fraction of sp³-hybridized carbons (Fsp3) is 1.00. The van der Waals surface area contributed by atoms with E-state index in [0.29, 0.717) is 0 Å². The van der Waals surface area contributed by atoms with Crippen molar-refractivity contribution < 1.29 is 28.4 Å². The van der Waals surface area contributed by atoms with E-state index in [4.69, 9.17) is 10.2 Å². The fourth-order valence-corrected chi connectivity index (χ4v) is 5.04. The first-order valence-corrected chi connectivity index (χ1v) is 7.43. The standard InChI is InChI=1S/C5H14O6P2/c1-10-13(9,11-2)5-12(8,3-6)4-7/h6-7H,3-5H2,1-2H3. The monoisotopic (exact) mass is 232 g/mol. The van der Waals surface area contributed by atoms with Gasteiger partial charge in [-0.15, -0.1) is 0 Å². The Bertz CT molecular complexity index is 199. The Morgan fingerprint density at radius 2 is 1.46 bits per heavy atom. The second-order valence-corrected chi connectivity index (χ2v) is 8.22. The van der Waals surface area contributed by atoms with Crippen LogP contribution in [0.25, 0.3) is 0 Å². The molecule has 0 fully saturated rings. The first kappa shape index (κ1) is 13.3. The SMILES string of the molecule is COP(=O)(CP(=O)(CO)CO)OC. The lowest BCUT2D eigenvalue weighted by molar-refractivity contribution is 0.277. The van der Waals surface area contributed by atoms with Gasteiger partial charge >= 0.3 is 7.60 Å². The van der Waals surface area contributed by atoms with Gasteiger partial charge in [0.05, 0.1) is 12.7 Å². The van der Waals surface area contributed by atoms with Gasteiger partial charge in [-0.3, -0.25) is 4.57 Å². The van der Waals surface area contributed by atoms with Gasteiger partial charge in [-0.25, -0.2) is 0 Å². The minimum Gasteiger partial charge on any atom is -0.389 e. The molecule has 13 heavy (non-hydrogen) atoms. The van der Waals surface area contributed by atoms with Crippen LogP contribution in [0.2, 0.25) is 0 Å². The Balaban J connectivity index is 4.57. The maximum absolute atomic E-state index is 11.5. The molecular weight excluding hydrogens is 218 g/mol. The molecule has 0 saturated carbocycles. The topological polar surface area (TPSA) is 93.1 Å². The molecule has 0 aliphatic heterocycles. The van der Waals surface area contributed by atoms with Gasteiger partial charge in [0.1, 0.15) is 13.0 Å². The van der Waals surface area contributed by atoms with Crippen LogP contribution in [-0.2, 0) is 18.2 Å². The summed E-state index contributed by atoms with van der Waals surface area (Å²) < 4.78 is 31.9. The quantitative estimate of drug-likeness (QED) is 0.654. The number of aliphatic hydroxyl groups excluding tert-OH is 2. The summed E-state index contributed by atoms with van der Waals surface area (Å²) in [6, 6.07) is 0. The lowest BCUT2D eigenvalue weighted by Crippen LogP contribution is -2.02. The highest BCUT2D eigenvalue weighted by Gasteiger charge is 2.33. The summed E-state index contributed by atoms with van der Waals surface area (Å²) in [5.74, 6) is -0.444. The maximum Gasteiger partial charge on any atom is 0.337 e. The van der Waals surface area contributed by atoms with Crippen molar-refractivity contribution in [3.63, 3.8) is 0 Å². The van der Waals surface area contributed by atoms with Crippen molar-refractivity contribution in [3.8, 4) is 0 Å². The fourth-order valence-electron chi connectivity index (χ4n) is 0.640. The minimum absolute atomic E-state index is 0.444. The van der Waals surface area contributed by atoms with Crippen LogP contribution in [0.15, 0.2) is 0 Å². The third-order valence-corrected chi connectivity index (χ3v) is 7.09. The third kappa shape index (κ3) is 3.90. The Kier molecular flexibility index (Phi) is 5.37. The molecule has 8 heteroatoms. The third-order valence-electron chi connectivity index (χ3n) is 1.50. The zero-order chi connectivity index (χ0) is 10.5. The second-order valence-electron chi connectivity index (χ2n) is 2.46. The van der Waals surface area contributed by atoms with E-state index in [0.717, 1.165) is 14.2 Å². The molecule has 6 nitrogen and oxygen atoms in total. The number of rotatable bonds is 6. The normalized spacial score (nSPS) is 13.2. The summed E-state index contributed by atoms with van der Waals surface area (Å²) in [5.41, 5.74) is 0. The number of aliphatic hydroxyl groups is 2. The van der Waals surface area contributed by atoms with Crippen molar-refractivity contribution in [2.75, 3.05) is 32.8 Å². The van der Waals surface area contributed by atoms with Gasteiger partial charge in [-0.1, -0.05) is 0 Å². The Labute approximate surface area is 76.8 Å². The Morgan fingerprint density at radius 1 is 1.08 bits per heavy atom. The highest BCUT2D eigenvalue weighted by molar-refractivity contribution is 7.76.